The minimum Gasteiger partial charge on any atom is -0.455 e. The van der Waals surface area contributed by atoms with Gasteiger partial charge in [0.2, 0.25) is 0 Å². The zero-order valence-electron chi connectivity index (χ0n) is 20.1. The molecule has 0 saturated heterocycles. The van der Waals surface area contributed by atoms with Crippen molar-refractivity contribution in [3.05, 3.63) is 83.4 Å². The molecule has 0 aliphatic heterocycles. The molecule has 2 aromatic heterocycles. The standard InChI is InChI=1S/C29H30FN2O/c1-17(2)21-8-7-9-22(18(3)4)27(21)32-15-14-31(6)29(32)26-19(5)10-12-24-23-13-11-20(30)16-25(23)33-28(24)26/h7-18H,1-6H3/q+1. The summed E-state index contributed by atoms with van der Waals surface area (Å²) < 4.78 is 24.7. The van der Waals surface area contributed by atoms with E-state index in [2.05, 4.69) is 93.5 Å². The molecule has 0 radical (unpaired) electrons. The highest BCUT2D eigenvalue weighted by molar-refractivity contribution is 6.09. The van der Waals surface area contributed by atoms with Gasteiger partial charge in [0.25, 0.3) is 5.82 Å². The van der Waals surface area contributed by atoms with Gasteiger partial charge in [-0.1, -0.05) is 58.0 Å². The van der Waals surface area contributed by atoms with E-state index in [4.69, 9.17) is 4.42 Å². The normalized spacial score (nSPS) is 12.0. The Morgan fingerprint density at radius 3 is 2.24 bits per heavy atom. The van der Waals surface area contributed by atoms with Gasteiger partial charge in [-0.3, -0.25) is 0 Å². The van der Waals surface area contributed by atoms with Crippen molar-refractivity contribution in [1.82, 2.24) is 4.57 Å². The van der Waals surface area contributed by atoms with Crippen LogP contribution in [-0.2, 0) is 7.05 Å². The molecule has 0 atom stereocenters. The third-order valence-electron chi connectivity index (χ3n) is 6.62. The van der Waals surface area contributed by atoms with Gasteiger partial charge in [-0.25, -0.2) is 8.96 Å². The van der Waals surface area contributed by atoms with Crippen molar-refractivity contribution in [3.63, 3.8) is 0 Å². The molecular formula is C29H30FN2O+. The molecule has 168 valence electrons. The predicted octanol–water partition coefficient (Wildman–Crippen LogP) is 7.56. The SMILES string of the molecule is Cc1ccc2c(oc3cc(F)ccc32)c1-c1n(-c2c(C(C)C)cccc2C(C)C)cc[n+]1C. The Morgan fingerprint density at radius 1 is 0.909 bits per heavy atom. The molecule has 0 amide bonds. The highest BCUT2D eigenvalue weighted by Gasteiger charge is 2.29. The van der Waals surface area contributed by atoms with Crippen molar-refractivity contribution in [2.75, 3.05) is 0 Å². The lowest BCUT2D eigenvalue weighted by Crippen LogP contribution is -2.29. The molecule has 5 rings (SSSR count). The molecule has 5 aromatic rings. The maximum Gasteiger partial charge on any atom is 0.297 e. The van der Waals surface area contributed by atoms with Crippen LogP contribution in [0.3, 0.4) is 0 Å². The number of benzene rings is 3. The van der Waals surface area contributed by atoms with Crippen molar-refractivity contribution in [1.29, 1.82) is 0 Å². The molecule has 0 fully saturated rings. The Hall–Kier alpha value is -3.40. The quantitative estimate of drug-likeness (QED) is 0.264. The van der Waals surface area contributed by atoms with Gasteiger partial charge in [0, 0.05) is 28.0 Å². The van der Waals surface area contributed by atoms with E-state index < -0.39 is 0 Å². The van der Waals surface area contributed by atoms with Crippen LogP contribution in [-0.4, -0.2) is 4.57 Å². The van der Waals surface area contributed by atoms with E-state index in [0.717, 1.165) is 33.3 Å². The number of aromatic nitrogens is 2. The number of nitrogens with zero attached hydrogens (tertiary/aromatic N) is 2. The van der Waals surface area contributed by atoms with E-state index in [1.807, 2.05) is 0 Å². The van der Waals surface area contributed by atoms with Gasteiger partial charge in [-0.15, -0.1) is 0 Å². The lowest BCUT2D eigenvalue weighted by atomic mass is 9.92. The zero-order chi connectivity index (χ0) is 23.4. The summed E-state index contributed by atoms with van der Waals surface area (Å²) in [5, 5.41) is 1.93. The fourth-order valence-electron chi connectivity index (χ4n) is 4.94. The summed E-state index contributed by atoms with van der Waals surface area (Å²) in [5.41, 5.74) is 7.37. The molecule has 4 heteroatoms. The average Bonchev–Trinajstić information content (AvgIpc) is 3.32. The second kappa shape index (κ2) is 7.87. The first-order chi connectivity index (χ1) is 15.8. The minimum absolute atomic E-state index is 0.291. The highest BCUT2D eigenvalue weighted by Crippen LogP contribution is 2.39. The summed E-state index contributed by atoms with van der Waals surface area (Å²) in [4.78, 5) is 0. The van der Waals surface area contributed by atoms with Crippen molar-refractivity contribution in [2.24, 2.45) is 7.05 Å². The Kier molecular flexibility index (Phi) is 5.12. The summed E-state index contributed by atoms with van der Waals surface area (Å²) in [5.74, 6) is 1.52. The first kappa shape index (κ1) is 21.4. The molecule has 0 aliphatic rings. The van der Waals surface area contributed by atoms with Crippen LogP contribution in [0.5, 0.6) is 0 Å². The van der Waals surface area contributed by atoms with Crippen LogP contribution in [0.1, 0.15) is 56.2 Å². The lowest BCUT2D eigenvalue weighted by molar-refractivity contribution is -0.659. The molecule has 0 spiro atoms. The number of furan rings is 1. The minimum atomic E-state index is -0.291. The van der Waals surface area contributed by atoms with Gasteiger partial charge in [0.15, 0.2) is 5.58 Å². The van der Waals surface area contributed by atoms with Gasteiger partial charge >= 0.3 is 0 Å². The number of rotatable bonds is 4. The Balaban J connectivity index is 1.89. The first-order valence-electron chi connectivity index (χ1n) is 11.6. The highest BCUT2D eigenvalue weighted by atomic mass is 19.1. The van der Waals surface area contributed by atoms with Crippen molar-refractivity contribution < 1.29 is 13.4 Å². The van der Waals surface area contributed by atoms with Gasteiger partial charge < -0.3 is 4.42 Å². The van der Waals surface area contributed by atoms with E-state index in [9.17, 15) is 4.39 Å². The monoisotopic (exact) mass is 441 g/mol. The smallest absolute Gasteiger partial charge is 0.297 e. The molecule has 0 N–H and O–H groups in total. The van der Waals surface area contributed by atoms with Crippen molar-refractivity contribution >= 4 is 21.9 Å². The number of imidazole rings is 1. The molecule has 3 aromatic carbocycles. The second-order valence-corrected chi connectivity index (χ2v) is 9.57. The lowest BCUT2D eigenvalue weighted by Gasteiger charge is -2.18. The summed E-state index contributed by atoms with van der Waals surface area (Å²) in [7, 11) is 2.07. The van der Waals surface area contributed by atoms with E-state index in [1.165, 1.54) is 28.9 Å². The van der Waals surface area contributed by atoms with E-state index >= 15 is 0 Å². The van der Waals surface area contributed by atoms with Crippen LogP contribution >= 0.6 is 0 Å². The van der Waals surface area contributed by atoms with Crippen LogP contribution in [0.2, 0.25) is 0 Å². The van der Waals surface area contributed by atoms with Crippen molar-refractivity contribution in [2.45, 2.75) is 46.5 Å². The van der Waals surface area contributed by atoms with Crippen LogP contribution < -0.4 is 4.57 Å². The number of aryl methyl sites for hydroxylation is 2. The fourth-order valence-corrected chi connectivity index (χ4v) is 4.94. The molecular weight excluding hydrogens is 411 g/mol. The van der Waals surface area contributed by atoms with Crippen LogP contribution in [0.4, 0.5) is 4.39 Å². The largest absolute Gasteiger partial charge is 0.455 e. The number of hydrogen-bond acceptors (Lipinski definition) is 1. The summed E-state index contributed by atoms with van der Waals surface area (Å²) in [6.07, 6.45) is 4.24. The van der Waals surface area contributed by atoms with Gasteiger partial charge in [-0.05, 0) is 36.5 Å². The summed E-state index contributed by atoms with van der Waals surface area (Å²) in [6.45, 7) is 11.1. The molecule has 3 nitrogen and oxygen atoms in total. The van der Waals surface area contributed by atoms with E-state index in [-0.39, 0.29) is 5.82 Å². The third kappa shape index (κ3) is 3.36. The number of hydrogen-bond donors (Lipinski definition) is 0. The van der Waals surface area contributed by atoms with Gasteiger partial charge in [0.05, 0.1) is 7.05 Å². The van der Waals surface area contributed by atoms with E-state index in [1.54, 1.807) is 6.07 Å². The molecule has 33 heavy (non-hydrogen) atoms. The molecule has 0 saturated carbocycles. The third-order valence-corrected chi connectivity index (χ3v) is 6.62. The molecule has 0 aliphatic carbocycles. The van der Waals surface area contributed by atoms with E-state index in [0.29, 0.717) is 17.4 Å². The van der Waals surface area contributed by atoms with Crippen LogP contribution in [0, 0.1) is 12.7 Å². The van der Waals surface area contributed by atoms with Crippen LogP contribution in [0.25, 0.3) is 39.0 Å². The molecule has 2 heterocycles. The molecule has 0 unspecified atom stereocenters. The number of fused-ring (bicyclic) bond motifs is 3. The van der Waals surface area contributed by atoms with Crippen LogP contribution in [0.15, 0.2) is 65.3 Å². The summed E-state index contributed by atoms with van der Waals surface area (Å²) in [6, 6.07) is 15.6. The Bertz CT molecular complexity index is 1480. The summed E-state index contributed by atoms with van der Waals surface area (Å²) >= 11 is 0. The Morgan fingerprint density at radius 2 is 1.58 bits per heavy atom. The fraction of sp³-hybridized carbons (Fsp3) is 0.276. The number of halogens is 1. The van der Waals surface area contributed by atoms with Gasteiger partial charge in [0.1, 0.15) is 35.0 Å². The van der Waals surface area contributed by atoms with Gasteiger partial charge in [-0.2, -0.15) is 4.57 Å². The Labute approximate surface area is 194 Å². The number of para-hydroxylation sites is 1. The second-order valence-electron chi connectivity index (χ2n) is 9.57. The zero-order valence-corrected chi connectivity index (χ0v) is 20.1. The molecule has 0 bridgehead atoms. The van der Waals surface area contributed by atoms with Crippen molar-refractivity contribution in [3.8, 4) is 17.1 Å². The average molecular weight is 442 g/mol. The maximum atomic E-state index is 13.9. The topological polar surface area (TPSA) is 21.9 Å². The maximum absolute atomic E-state index is 13.9. The first-order valence-corrected chi connectivity index (χ1v) is 11.6. The predicted molar refractivity (Wildman–Crippen MR) is 133 cm³/mol.